The van der Waals surface area contributed by atoms with Crippen molar-refractivity contribution in [3.05, 3.63) is 65.2 Å². The van der Waals surface area contributed by atoms with Gasteiger partial charge in [-0.3, -0.25) is 4.90 Å². The molecule has 1 aliphatic rings. The van der Waals surface area contributed by atoms with Crippen LogP contribution in [0, 0.1) is 6.92 Å². The summed E-state index contributed by atoms with van der Waals surface area (Å²) in [5.74, 6) is 0.812. The van der Waals surface area contributed by atoms with Crippen LogP contribution in [0.1, 0.15) is 29.7 Å². The molecule has 2 unspecified atom stereocenters. The quantitative estimate of drug-likeness (QED) is 0.919. The van der Waals surface area contributed by atoms with Crippen LogP contribution in [0.3, 0.4) is 0 Å². The number of hydrogen-bond acceptors (Lipinski definition) is 3. The smallest absolute Gasteiger partial charge is 0.119 e. The Bertz CT molecular complexity index is 638. The molecule has 1 heterocycles. The first-order valence-corrected chi connectivity index (χ1v) is 8.33. The predicted octanol–water partition coefficient (Wildman–Crippen LogP) is 3.35. The minimum absolute atomic E-state index is 0.327. The summed E-state index contributed by atoms with van der Waals surface area (Å²) in [5.41, 5.74) is 4.02. The molecule has 2 atom stereocenters. The van der Waals surface area contributed by atoms with Crippen molar-refractivity contribution in [3.8, 4) is 5.75 Å². The van der Waals surface area contributed by atoms with Crippen LogP contribution in [-0.4, -0.2) is 35.8 Å². The van der Waals surface area contributed by atoms with Gasteiger partial charge in [-0.1, -0.05) is 42.0 Å². The Balaban J connectivity index is 1.54. The van der Waals surface area contributed by atoms with Crippen LogP contribution >= 0.6 is 0 Å². The number of fused-ring (bicyclic) bond motifs is 1. The lowest BCUT2D eigenvalue weighted by Gasteiger charge is -2.36. The number of rotatable bonds is 5. The lowest BCUT2D eigenvalue weighted by atomic mass is 9.93. The molecule has 0 radical (unpaired) electrons. The maximum atomic E-state index is 10.3. The number of nitrogens with zero attached hydrogens (tertiary/aromatic N) is 1. The highest BCUT2D eigenvalue weighted by atomic mass is 16.5. The van der Waals surface area contributed by atoms with Crippen LogP contribution < -0.4 is 4.74 Å². The SMILES string of the molecule is Cc1ccc(OCC(O)CN2CCc3ccccc3C2C)cc1. The zero-order valence-electron chi connectivity index (χ0n) is 13.9. The third-order valence-corrected chi connectivity index (χ3v) is 4.63. The number of β-amino-alcohol motifs (C(OH)–C–C–N with tert-alkyl or cyclic N) is 1. The van der Waals surface area contributed by atoms with Crippen molar-refractivity contribution in [1.29, 1.82) is 0 Å². The summed E-state index contributed by atoms with van der Waals surface area (Å²) in [6.07, 6.45) is 0.565. The van der Waals surface area contributed by atoms with Gasteiger partial charge >= 0.3 is 0 Å². The van der Waals surface area contributed by atoms with E-state index in [4.69, 9.17) is 4.74 Å². The molecule has 0 amide bonds. The third kappa shape index (κ3) is 3.92. The van der Waals surface area contributed by atoms with Crippen LogP contribution in [0.2, 0.25) is 0 Å². The van der Waals surface area contributed by atoms with Crippen molar-refractivity contribution < 1.29 is 9.84 Å². The summed E-state index contributed by atoms with van der Waals surface area (Å²) in [6.45, 7) is 6.22. The van der Waals surface area contributed by atoms with Crippen LogP contribution in [-0.2, 0) is 6.42 Å². The first kappa shape index (κ1) is 16.0. The number of ether oxygens (including phenoxy) is 1. The van der Waals surface area contributed by atoms with E-state index in [9.17, 15) is 5.11 Å². The summed E-state index contributed by atoms with van der Waals surface area (Å²) >= 11 is 0. The van der Waals surface area contributed by atoms with Crippen molar-refractivity contribution >= 4 is 0 Å². The summed E-state index contributed by atoms with van der Waals surface area (Å²) in [7, 11) is 0. The molecule has 0 saturated heterocycles. The molecule has 0 aliphatic carbocycles. The van der Waals surface area contributed by atoms with Gasteiger partial charge < -0.3 is 9.84 Å². The standard InChI is InChI=1S/C20H25NO2/c1-15-7-9-19(10-8-15)23-14-18(22)13-21-12-11-17-5-3-4-6-20(17)16(21)2/h3-10,16,18,22H,11-14H2,1-2H3. The van der Waals surface area contributed by atoms with E-state index in [2.05, 4.69) is 36.1 Å². The maximum Gasteiger partial charge on any atom is 0.119 e. The van der Waals surface area contributed by atoms with Crippen LogP contribution in [0.15, 0.2) is 48.5 Å². The second kappa shape index (κ2) is 7.16. The van der Waals surface area contributed by atoms with E-state index >= 15 is 0 Å². The van der Waals surface area contributed by atoms with E-state index in [0.29, 0.717) is 19.2 Å². The van der Waals surface area contributed by atoms with Crippen LogP contribution in [0.4, 0.5) is 0 Å². The second-order valence-corrected chi connectivity index (χ2v) is 6.40. The molecule has 122 valence electrons. The number of benzene rings is 2. The number of aliphatic hydroxyl groups is 1. The van der Waals surface area contributed by atoms with Gasteiger partial charge in [0.05, 0.1) is 0 Å². The van der Waals surface area contributed by atoms with Gasteiger partial charge in [-0.25, -0.2) is 0 Å². The van der Waals surface area contributed by atoms with E-state index in [-0.39, 0.29) is 0 Å². The normalized spacial score (nSPS) is 19.2. The van der Waals surface area contributed by atoms with E-state index in [1.54, 1.807) is 0 Å². The highest BCUT2D eigenvalue weighted by Gasteiger charge is 2.25. The molecule has 0 spiro atoms. The molecule has 3 heteroatoms. The van der Waals surface area contributed by atoms with Crippen molar-refractivity contribution in [3.63, 3.8) is 0 Å². The molecule has 0 fully saturated rings. The summed E-state index contributed by atoms with van der Waals surface area (Å²) in [5, 5.41) is 10.3. The Labute approximate surface area is 138 Å². The monoisotopic (exact) mass is 311 g/mol. The first-order chi connectivity index (χ1) is 11.1. The highest BCUT2D eigenvalue weighted by Crippen LogP contribution is 2.29. The molecule has 23 heavy (non-hydrogen) atoms. The summed E-state index contributed by atoms with van der Waals surface area (Å²) in [6, 6.07) is 16.9. The minimum Gasteiger partial charge on any atom is -0.491 e. The molecule has 2 aromatic rings. The van der Waals surface area contributed by atoms with Gasteiger partial charge in [0.1, 0.15) is 18.5 Å². The maximum absolute atomic E-state index is 10.3. The number of hydrogen-bond donors (Lipinski definition) is 1. The Morgan fingerprint density at radius 2 is 1.91 bits per heavy atom. The lowest BCUT2D eigenvalue weighted by molar-refractivity contribution is 0.0518. The van der Waals surface area contributed by atoms with Gasteiger partial charge in [-0.15, -0.1) is 0 Å². The van der Waals surface area contributed by atoms with Crippen molar-refractivity contribution in [1.82, 2.24) is 4.90 Å². The summed E-state index contributed by atoms with van der Waals surface area (Å²) < 4.78 is 5.69. The topological polar surface area (TPSA) is 32.7 Å². The van der Waals surface area contributed by atoms with Gasteiger partial charge in [0, 0.05) is 19.1 Å². The molecule has 1 N–H and O–H groups in total. The number of aliphatic hydroxyl groups excluding tert-OH is 1. The fourth-order valence-corrected chi connectivity index (χ4v) is 3.22. The minimum atomic E-state index is -0.482. The molecule has 0 bridgehead atoms. The van der Waals surface area contributed by atoms with Crippen LogP contribution in [0.5, 0.6) is 5.75 Å². The summed E-state index contributed by atoms with van der Waals surface area (Å²) in [4.78, 5) is 2.34. The Hall–Kier alpha value is -1.84. The molecule has 0 saturated carbocycles. The lowest BCUT2D eigenvalue weighted by Crippen LogP contribution is -2.41. The van der Waals surface area contributed by atoms with Gasteiger partial charge in [0.2, 0.25) is 0 Å². The molecule has 3 nitrogen and oxygen atoms in total. The Kier molecular flexibility index (Phi) is 4.99. The van der Waals surface area contributed by atoms with Gasteiger partial charge in [-0.2, -0.15) is 0 Å². The number of aryl methyl sites for hydroxylation is 1. The molecule has 3 rings (SSSR count). The molecule has 0 aromatic heterocycles. The fraction of sp³-hybridized carbons (Fsp3) is 0.400. The average molecular weight is 311 g/mol. The fourth-order valence-electron chi connectivity index (χ4n) is 3.22. The van der Waals surface area contributed by atoms with Crippen LogP contribution in [0.25, 0.3) is 0 Å². The van der Waals surface area contributed by atoms with Gasteiger partial charge in [-0.05, 0) is 43.5 Å². The van der Waals surface area contributed by atoms with Gasteiger partial charge in [0.25, 0.3) is 0 Å². The van der Waals surface area contributed by atoms with Crippen molar-refractivity contribution in [2.45, 2.75) is 32.4 Å². The Morgan fingerprint density at radius 3 is 2.70 bits per heavy atom. The molecular weight excluding hydrogens is 286 g/mol. The van der Waals surface area contributed by atoms with Gasteiger partial charge in [0.15, 0.2) is 0 Å². The van der Waals surface area contributed by atoms with E-state index in [0.717, 1.165) is 18.7 Å². The van der Waals surface area contributed by atoms with E-state index in [1.165, 1.54) is 16.7 Å². The van der Waals surface area contributed by atoms with E-state index < -0.39 is 6.10 Å². The first-order valence-electron chi connectivity index (χ1n) is 8.33. The third-order valence-electron chi connectivity index (χ3n) is 4.63. The molecule has 2 aromatic carbocycles. The molecule has 1 aliphatic heterocycles. The van der Waals surface area contributed by atoms with E-state index in [1.807, 2.05) is 31.2 Å². The zero-order chi connectivity index (χ0) is 16.2. The average Bonchev–Trinajstić information content (AvgIpc) is 2.57. The van der Waals surface area contributed by atoms with Crippen molar-refractivity contribution in [2.75, 3.05) is 19.7 Å². The predicted molar refractivity (Wildman–Crippen MR) is 92.8 cm³/mol. The zero-order valence-corrected chi connectivity index (χ0v) is 13.9. The van der Waals surface area contributed by atoms with Crippen molar-refractivity contribution in [2.24, 2.45) is 0 Å². The Morgan fingerprint density at radius 1 is 1.17 bits per heavy atom. The largest absolute Gasteiger partial charge is 0.491 e. The molecular formula is C20H25NO2. The second-order valence-electron chi connectivity index (χ2n) is 6.40. The highest BCUT2D eigenvalue weighted by molar-refractivity contribution is 5.32.